The molecule has 0 radical (unpaired) electrons. The second-order valence-electron chi connectivity index (χ2n) is 8.77. The lowest BCUT2D eigenvalue weighted by molar-refractivity contribution is -0.139. The molecule has 0 amide bonds. The van der Waals surface area contributed by atoms with Gasteiger partial charge in [0, 0.05) is 45.3 Å². The first kappa shape index (κ1) is 20.3. The van der Waals surface area contributed by atoms with E-state index in [1.54, 1.807) is 0 Å². The molecule has 29 heavy (non-hydrogen) atoms. The fourth-order valence-electron chi connectivity index (χ4n) is 5.17. The number of hydrogen-bond acceptors (Lipinski definition) is 3. The summed E-state index contributed by atoms with van der Waals surface area (Å²) in [5.41, 5.74) is 2.02. The summed E-state index contributed by atoms with van der Waals surface area (Å²) in [5.74, 6) is -2.07. The van der Waals surface area contributed by atoms with Crippen LogP contribution >= 0.6 is 0 Å². The van der Waals surface area contributed by atoms with Crippen molar-refractivity contribution in [1.29, 1.82) is 0 Å². The number of para-hydroxylation sites is 2. The molecular formula is C22H29F2N3O2. The Kier molecular flexibility index (Phi) is 5.60. The molecule has 1 saturated heterocycles. The Morgan fingerprint density at radius 1 is 1.21 bits per heavy atom. The standard InChI is InChI=1S/C22H29F2N3O2/c1-26-19-5-3-2-4-18(19)25-20(26)12-16-14-27(11-8-15(16)13-21(28)29)17-6-9-22(23,24)10-7-17/h2-5,15-17H,6-14H2,1H3,(H,28,29)/t15-,16-/m0/s1. The van der Waals surface area contributed by atoms with Gasteiger partial charge in [0.25, 0.3) is 0 Å². The van der Waals surface area contributed by atoms with Gasteiger partial charge in [0.05, 0.1) is 11.0 Å². The molecule has 5 nitrogen and oxygen atoms in total. The molecule has 2 heterocycles. The molecule has 2 aliphatic rings. The number of hydrogen-bond donors (Lipinski definition) is 1. The van der Waals surface area contributed by atoms with Crippen LogP contribution in [0.15, 0.2) is 24.3 Å². The third-order valence-corrected chi connectivity index (χ3v) is 6.89. The zero-order valence-electron chi connectivity index (χ0n) is 16.9. The number of fused-ring (bicyclic) bond motifs is 1. The molecule has 2 atom stereocenters. The number of aryl methyl sites for hydroxylation is 1. The highest BCUT2D eigenvalue weighted by Crippen LogP contribution is 2.38. The fourth-order valence-corrected chi connectivity index (χ4v) is 5.17. The Labute approximate surface area is 169 Å². The van der Waals surface area contributed by atoms with Gasteiger partial charge in [-0.1, -0.05) is 12.1 Å². The van der Waals surface area contributed by atoms with Crippen LogP contribution in [0, 0.1) is 11.8 Å². The van der Waals surface area contributed by atoms with E-state index in [1.165, 1.54) is 0 Å². The second kappa shape index (κ2) is 8.01. The predicted octanol–water partition coefficient (Wildman–Crippen LogP) is 4.11. The number of carboxylic acid groups (broad SMARTS) is 1. The van der Waals surface area contributed by atoms with Crippen LogP contribution in [0.5, 0.6) is 0 Å². The van der Waals surface area contributed by atoms with Crippen molar-refractivity contribution in [3.8, 4) is 0 Å². The molecule has 0 unspecified atom stereocenters. The first-order valence-corrected chi connectivity index (χ1v) is 10.6. The van der Waals surface area contributed by atoms with Gasteiger partial charge in [-0.05, 0) is 49.8 Å². The number of rotatable bonds is 5. The maximum atomic E-state index is 13.6. The number of aromatic nitrogens is 2. The monoisotopic (exact) mass is 405 g/mol. The minimum absolute atomic E-state index is 0.0395. The molecule has 4 rings (SSSR count). The van der Waals surface area contributed by atoms with Crippen molar-refractivity contribution in [1.82, 2.24) is 14.5 Å². The second-order valence-corrected chi connectivity index (χ2v) is 8.77. The molecule has 1 aliphatic heterocycles. The summed E-state index contributed by atoms with van der Waals surface area (Å²) in [7, 11) is 2.00. The van der Waals surface area contributed by atoms with E-state index in [-0.39, 0.29) is 37.1 Å². The number of alkyl halides is 2. The van der Waals surface area contributed by atoms with Crippen LogP contribution in [-0.4, -0.2) is 50.6 Å². The summed E-state index contributed by atoms with van der Waals surface area (Å²) in [6.07, 6.45) is 2.64. The summed E-state index contributed by atoms with van der Waals surface area (Å²) in [6.45, 7) is 1.56. The number of likely N-dealkylation sites (tertiary alicyclic amines) is 1. The molecule has 1 aromatic heterocycles. The minimum atomic E-state index is -2.52. The number of nitrogens with zero attached hydrogens (tertiary/aromatic N) is 3. The molecule has 1 aromatic carbocycles. The van der Waals surface area contributed by atoms with E-state index in [1.807, 2.05) is 31.3 Å². The number of benzene rings is 1. The summed E-state index contributed by atoms with van der Waals surface area (Å²) in [6, 6.07) is 8.16. The number of halogens is 2. The highest BCUT2D eigenvalue weighted by molar-refractivity contribution is 5.75. The zero-order valence-corrected chi connectivity index (χ0v) is 16.9. The van der Waals surface area contributed by atoms with Crippen molar-refractivity contribution < 1.29 is 18.7 Å². The molecule has 0 spiro atoms. The Bertz CT molecular complexity index is 872. The van der Waals surface area contributed by atoms with Crippen molar-refractivity contribution in [2.24, 2.45) is 18.9 Å². The highest BCUT2D eigenvalue weighted by atomic mass is 19.3. The lowest BCUT2D eigenvalue weighted by atomic mass is 9.79. The summed E-state index contributed by atoms with van der Waals surface area (Å²) in [5, 5.41) is 9.37. The summed E-state index contributed by atoms with van der Waals surface area (Å²) in [4.78, 5) is 18.5. The molecule has 1 saturated carbocycles. The maximum Gasteiger partial charge on any atom is 0.303 e. The van der Waals surface area contributed by atoms with E-state index in [9.17, 15) is 18.7 Å². The van der Waals surface area contributed by atoms with Gasteiger partial charge in [0.2, 0.25) is 5.92 Å². The lowest BCUT2D eigenvalue weighted by Crippen LogP contribution is -2.49. The molecule has 1 aliphatic carbocycles. The average molecular weight is 405 g/mol. The van der Waals surface area contributed by atoms with Gasteiger partial charge >= 0.3 is 5.97 Å². The van der Waals surface area contributed by atoms with Crippen LogP contribution in [-0.2, 0) is 18.3 Å². The van der Waals surface area contributed by atoms with Gasteiger partial charge in [-0.25, -0.2) is 13.8 Å². The quantitative estimate of drug-likeness (QED) is 0.814. The van der Waals surface area contributed by atoms with Crippen LogP contribution in [0.4, 0.5) is 8.78 Å². The van der Waals surface area contributed by atoms with Gasteiger partial charge in [-0.15, -0.1) is 0 Å². The first-order chi connectivity index (χ1) is 13.8. The van der Waals surface area contributed by atoms with Gasteiger partial charge in [-0.3, -0.25) is 4.79 Å². The Balaban J connectivity index is 1.51. The van der Waals surface area contributed by atoms with Crippen LogP contribution in [0.3, 0.4) is 0 Å². The van der Waals surface area contributed by atoms with Crippen molar-refractivity contribution in [3.63, 3.8) is 0 Å². The lowest BCUT2D eigenvalue weighted by Gasteiger charge is -2.44. The molecule has 1 N–H and O–H groups in total. The van der Waals surface area contributed by atoms with Gasteiger partial charge < -0.3 is 14.6 Å². The van der Waals surface area contributed by atoms with E-state index in [0.29, 0.717) is 19.3 Å². The van der Waals surface area contributed by atoms with Crippen molar-refractivity contribution >= 4 is 17.0 Å². The third-order valence-electron chi connectivity index (χ3n) is 6.89. The van der Waals surface area contributed by atoms with E-state index in [0.717, 1.165) is 36.4 Å². The molecule has 2 fully saturated rings. The SMILES string of the molecule is Cn1c(C[C@H]2CN(C3CCC(F)(F)CC3)CC[C@H]2CC(=O)O)nc2ccccc21. The van der Waals surface area contributed by atoms with Crippen molar-refractivity contribution in [2.75, 3.05) is 13.1 Å². The normalized spacial score (nSPS) is 26.0. The first-order valence-electron chi connectivity index (χ1n) is 10.6. The van der Waals surface area contributed by atoms with E-state index in [2.05, 4.69) is 9.47 Å². The Morgan fingerprint density at radius 2 is 1.93 bits per heavy atom. The molecular weight excluding hydrogens is 376 g/mol. The Morgan fingerprint density at radius 3 is 2.62 bits per heavy atom. The smallest absolute Gasteiger partial charge is 0.303 e. The summed E-state index contributed by atoms with van der Waals surface area (Å²) < 4.78 is 29.2. The minimum Gasteiger partial charge on any atom is -0.481 e. The molecule has 7 heteroatoms. The predicted molar refractivity (Wildman–Crippen MR) is 107 cm³/mol. The van der Waals surface area contributed by atoms with Crippen LogP contribution < -0.4 is 0 Å². The maximum absolute atomic E-state index is 13.6. The number of imidazole rings is 1. The Hall–Kier alpha value is -2.02. The topological polar surface area (TPSA) is 58.4 Å². The van der Waals surface area contributed by atoms with Crippen LogP contribution in [0.1, 0.15) is 44.3 Å². The highest BCUT2D eigenvalue weighted by Gasteiger charge is 2.40. The molecule has 158 valence electrons. The van der Waals surface area contributed by atoms with Gasteiger partial charge in [-0.2, -0.15) is 0 Å². The number of aliphatic carboxylic acids is 1. The van der Waals surface area contributed by atoms with Crippen LogP contribution in [0.25, 0.3) is 11.0 Å². The fraction of sp³-hybridized carbons (Fsp3) is 0.636. The zero-order chi connectivity index (χ0) is 20.6. The van der Waals surface area contributed by atoms with E-state index < -0.39 is 11.9 Å². The average Bonchev–Trinajstić information content (AvgIpc) is 2.99. The molecule has 0 bridgehead atoms. The van der Waals surface area contributed by atoms with E-state index >= 15 is 0 Å². The number of carbonyl (C=O) groups is 1. The number of piperidine rings is 1. The largest absolute Gasteiger partial charge is 0.481 e. The summed E-state index contributed by atoms with van der Waals surface area (Å²) >= 11 is 0. The van der Waals surface area contributed by atoms with Crippen molar-refractivity contribution in [2.45, 2.75) is 56.9 Å². The van der Waals surface area contributed by atoms with E-state index in [4.69, 9.17) is 4.98 Å². The van der Waals surface area contributed by atoms with Gasteiger partial charge in [0.1, 0.15) is 5.82 Å². The third kappa shape index (κ3) is 4.44. The van der Waals surface area contributed by atoms with Crippen molar-refractivity contribution in [3.05, 3.63) is 30.1 Å². The number of carboxylic acids is 1. The van der Waals surface area contributed by atoms with Crippen LogP contribution in [0.2, 0.25) is 0 Å². The van der Waals surface area contributed by atoms with Gasteiger partial charge in [0.15, 0.2) is 0 Å². The molecule has 2 aromatic rings.